The molecule has 3 fully saturated rings. The maximum atomic E-state index is 14.2. The molecule has 5 rings (SSSR count). The highest BCUT2D eigenvalue weighted by Crippen LogP contribution is 2.66. The van der Waals surface area contributed by atoms with Crippen LogP contribution < -0.4 is 32.6 Å². The fraction of sp³-hybridized carbons (Fsp3) is 0.658. The molecule has 73 heavy (non-hydrogen) atoms. The topological polar surface area (TPSA) is 460 Å². The number of carboxylic acid groups (broad SMARTS) is 1. The third-order valence-electron chi connectivity index (χ3n) is 11.6. The molecule has 35 heteroatoms. The van der Waals surface area contributed by atoms with Crippen molar-refractivity contribution in [2.75, 3.05) is 44.3 Å². The zero-order chi connectivity index (χ0) is 54.0. The Morgan fingerprint density at radius 3 is 2.22 bits per heavy atom. The first kappa shape index (κ1) is 59.1. The summed E-state index contributed by atoms with van der Waals surface area (Å²) in [6.07, 6.45) is -1.43. The van der Waals surface area contributed by atoms with Crippen LogP contribution in [0.15, 0.2) is 11.0 Å². The largest absolute Gasteiger partial charge is 0.490 e. The van der Waals surface area contributed by atoms with E-state index in [1.54, 1.807) is 6.92 Å². The molecule has 13 N–H and O–H groups in total. The van der Waals surface area contributed by atoms with Crippen LogP contribution in [-0.4, -0.2) is 170 Å². The standard InChI is InChI=1S/C38H59N10O21P3S/c1-3-40-33(54)23(16-30(52)53)43-35(56)25-10-7-14-47(25)37(58)22(8-4-5-12-41-20(2)49)42-34(55)24-9-6-13-46(24)29(51)11-15-73-48-18-21(31-32(48)36(57)45-38(39)44-31)27-17-26(50)28(67-27)19-66-71(62,63)69-72(64,65)68-70(59,60)61/h18,22-28,50H,3-17,19H2,1-2H3,(H,40,54)(H,41,49)(H,42,55)(H,43,56)(H,52,53)(H,62,63)(H,64,65)(H2,59,60,61)(H3,39,44,45,57)/t22?,23?,24?,25?,26-,27-,28-/m1/s1. The van der Waals surface area contributed by atoms with Gasteiger partial charge in [0.25, 0.3) is 5.56 Å². The van der Waals surface area contributed by atoms with Crippen LogP contribution in [0.2, 0.25) is 0 Å². The highest BCUT2D eigenvalue weighted by Gasteiger charge is 2.44. The summed E-state index contributed by atoms with van der Waals surface area (Å²) < 4.78 is 54.2. The Labute approximate surface area is 419 Å². The Kier molecular flexibility index (Phi) is 20.7. The molecule has 408 valence electrons. The lowest BCUT2D eigenvalue weighted by Crippen LogP contribution is -2.58. The summed E-state index contributed by atoms with van der Waals surface area (Å²) in [7, 11) is -17.0. The van der Waals surface area contributed by atoms with E-state index >= 15 is 0 Å². The summed E-state index contributed by atoms with van der Waals surface area (Å²) in [6, 6.07) is -4.67. The lowest BCUT2D eigenvalue weighted by atomic mass is 10.1. The van der Waals surface area contributed by atoms with Gasteiger partial charge in [0.15, 0.2) is 0 Å². The van der Waals surface area contributed by atoms with E-state index in [9.17, 15) is 72.1 Å². The summed E-state index contributed by atoms with van der Waals surface area (Å²) >= 11 is 0.987. The molecule has 0 aromatic carbocycles. The average Bonchev–Trinajstić information content (AvgIpc) is 4.09. The number of carbonyl (C=O) groups is 7. The second kappa shape index (κ2) is 25.6. The number of aliphatic carboxylic acids is 1. The van der Waals surface area contributed by atoms with Gasteiger partial charge in [0.05, 0.1) is 25.2 Å². The van der Waals surface area contributed by atoms with Crippen LogP contribution in [-0.2, 0) is 65.1 Å². The Bertz CT molecular complexity index is 2600. The monoisotopic (exact) mass is 1120 g/mol. The number of aromatic nitrogens is 3. The number of likely N-dealkylation sites (N-methyl/N-ethyl adjacent to an activating group) is 1. The normalized spacial score (nSPS) is 22.5. The Morgan fingerprint density at radius 2 is 1.59 bits per heavy atom. The quantitative estimate of drug-likeness (QED) is 0.0381. The summed E-state index contributed by atoms with van der Waals surface area (Å²) in [5, 5.41) is 30.5. The number of unbranched alkanes of at least 4 members (excludes halogenated alkanes) is 1. The first-order valence-corrected chi connectivity index (χ1v) is 28.3. The summed E-state index contributed by atoms with van der Waals surface area (Å²) in [4.78, 5) is 150. The average molecular weight is 1120 g/mol. The first-order chi connectivity index (χ1) is 34.2. The van der Waals surface area contributed by atoms with Gasteiger partial charge in [0.1, 0.15) is 41.3 Å². The predicted octanol–water partition coefficient (Wildman–Crippen LogP) is -1.40. The van der Waals surface area contributed by atoms with Crippen molar-refractivity contribution in [1.82, 2.24) is 45.0 Å². The SMILES string of the molecule is CCNC(=O)C(CC(=O)O)NC(=O)C1CCCN1C(=O)C(CCCCNC(C)=O)NC(=O)C1CCCN1C(=O)CCSn1cc([C@H]2C[C@@H](O)[C@@H](COP(=O)(O)OP(=O)(O)OP(=O)(O)O)O2)c2nc(N)[nH]c(=O)c21. The molecular weight excluding hydrogens is 1060 g/mol. The second-order valence-corrected chi connectivity index (χ2v) is 22.5. The molecule has 5 heterocycles. The number of aromatic amines is 1. The van der Waals surface area contributed by atoms with E-state index in [4.69, 9.17) is 20.3 Å². The van der Waals surface area contributed by atoms with Crippen LogP contribution in [0.1, 0.15) is 89.7 Å². The van der Waals surface area contributed by atoms with Gasteiger partial charge < -0.3 is 71.3 Å². The lowest BCUT2D eigenvalue weighted by Gasteiger charge is -2.31. The van der Waals surface area contributed by atoms with Crippen LogP contribution in [0.5, 0.6) is 0 Å². The first-order valence-electron chi connectivity index (χ1n) is 22.8. The number of H-pyrrole nitrogens is 1. The second-order valence-electron chi connectivity index (χ2n) is 17.0. The van der Waals surface area contributed by atoms with Crippen LogP contribution in [0.25, 0.3) is 11.0 Å². The molecule has 6 amide bonds. The van der Waals surface area contributed by atoms with Crippen molar-refractivity contribution in [2.45, 2.75) is 121 Å². The smallest absolute Gasteiger partial charge is 0.481 e. The van der Waals surface area contributed by atoms with E-state index in [1.165, 1.54) is 26.9 Å². The van der Waals surface area contributed by atoms with Gasteiger partial charge in [-0.2, -0.15) is 8.62 Å². The van der Waals surface area contributed by atoms with Crippen molar-refractivity contribution in [3.8, 4) is 0 Å². The highest BCUT2D eigenvalue weighted by molar-refractivity contribution is 7.98. The number of hydrogen-bond donors (Lipinski definition) is 12. The van der Waals surface area contributed by atoms with Gasteiger partial charge in [0, 0.05) is 63.5 Å². The number of hydrogen-bond acceptors (Lipinski definition) is 19. The highest BCUT2D eigenvalue weighted by atomic mass is 32.2. The number of phosphoric ester groups is 1. The molecule has 31 nitrogen and oxygen atoms in total. The predicted molar refractivity (Wildman–Crippen MR) is 252 cm³/mol. The number of aliphatic hydroxyl groups is 1. The third kappa shape index (κ3) is 16.8. The molecule has 0 radical (unpaired) electrons. The third-order valence-corrected chi connectivity index (χ3v) is 16.3. The zero-order valence-electron chi connectivity index (χ0n) is 39.4. The van der Waals surface area contributed by atoms with Crippen molar-refractivity contribution < 1.29 is 94.9 Å². The number of aliphatic hydroxyl groups excluding tert-OH is 1. The van der Waals surface area contributed by atoms with Gasteiger partial charge in [-0.15, -0.1) is 0 Å². The fourth-order valence-electron chi connectivity index (χ4n) is 8.46. The van der Waals surface area contributed by atoms with Gasteiger partial charge >= 0.3 is 29.4 Å². The van der Waals surface area contributed by atoms with Gasteiger partial charge in [-0.25, -0.2) is 18.7 Å². The van der Waals surface area contributed by atoms with E-state index in [0.29, 0.717) is 25.7 Å². The Balaban J connectivity index is 1.24. The fourth-order valence-corrected chi connectivity index (χ4v) is 12.4. The summed E-state index contributed by atoms with van der Waals surface area (Å²) in [5.41, 5.74) is 5.32. The van der Waals surface area contributed by atoms with Crippen molar-refractivity contribution in [2.24, 2.45) is 0 Å². The maximum Gasteiger partial charge on any atom is 0.490 e. The van der Waals surface area contributed by atoms with Crippen molar-refractivity contribution >= 4 is 93.8 Å². The van der Waals surface area contributed by atoms with Crippen LogP contribution in [0, 0.1) is 0 Å². The number of amides is 6. The van der Waals surface area contributed by atoms with Crippen LogP contribution in [0.4, 0.5) is 5.95 Å². The Morgan fingerprint density at radius 1 is 0.945 bits per heavy atom. The molecule has 0 spiro atoms. The van der Waals surface area contributed by atoms with Crippen molar-refractivity contribution in [3.63, 3.8) is 0 Å². The molecule has 6 unspecified atom stereocenters. The van der Waals surface area contributed by atoms with Gasteiger partial charge in [0.2, 0.25) is 41.4 Å². The van der Waals surface area contributed by atoms with E-state index in [1.807, 2.05) is 0 Å². The Hall–Kier alpha value is -4.81. The minimum absolute atomic E-state index is 0.0175. The maximum absolute atomic E-state index is 14.2. The molecule has 3 aliphatic heterocycles. The molecule has 0 saturated carbocycles. The molecular formula is C38H59N10O21P3S. The van der Waals surface area contributed by atoms with Crippen molar-refractivity contribution in [3.05, 3.63) is 22.1 Å². The number of anilines is 1. The van der Waals surface area contributed by atoms with Crippen LogP contribution in [0.3, 0.4) is 0 Å². The van der Waals surface area contributed by atoms with Gasteiger partial charge in [-0.3, -0.25) is 51.8 Å². The number of carboxylic acids is 1. The minimum atomic E-state index is -5.83. The number of likely N-dealkylation sites (tertiary alicyclic amines) is 2. The molecule has 3 saturated heterocycles. The number of rotatable bonds is 26. The van der Waals surface area contributed by atoms with E-state index in [0.717, 1.165) is 11.9 Å². The number of nitrogens with two attached hydrogens (primary N) is 1. The van der Waals surface area contributed by atoms with Gasteiger partial charge in [-0.1, -0.05) is 0 Å². The summed E-state index contributed by atoms with van der Waals surface area (Å²) in [5.74, 6) is -5.01. The van der Waals surface area contributed by atoms with Crippen molar-refractivity contribution in [1.29, 1.82) is 0 Å². The number of ether oxygens (including phenoxy) is 1. The molecule has 0 aliphatic carbocycles. The van der Waals surface area contributed by atoms with E-state index in [2.05, 4.69) is 44.4 Å². The number of carbonyl (C=O) groups excluding carboxylic acids is 6. The molecule has 2 aromatic rings. The number of nitrogens with one attached hydrogen (secondary N) is 5. The van der Waals surface area contributed by atoms with E-state index in [-0.39, 0.29) is 92.5 Å². The number of nitrogens with zero attached hydrogens (tertiary/aromatic N) is 4. The van der Waals surface area contributed by atoms with E-state index < -0.39 is 120 Å². The molecule has 9 atom stereocenters. The molecule has 3 aliphatic rings. The van der Waals surface area contributed by atoms with Crippen LogP contribution >= 0.6 is 35.4 Å². The number of phosphoric acid groups is 3. The zero-order valence-corrected chi connectivity index (χ0v) is 42.9. The summed E-state index contributed by atoms with van der Waals surface area (Å²) in [6.45, 7) is 2.79. The molecule has 0 bridgehead atoms. The number of fused-ring (bicyclic) bond motifs is 1. The minimum Gasteiger partial charge on any atom is -0.481 e. The van der Waals surface area contributed by atoms with Gasteiger partial charge in [-0.05, 0) is 63.8 Å². The lowest BCUT2D eigenvalue weighted by molar-refractivity contribution is -0.144. The number of nitrogen functional groups attached to an aromatic ring is 1. The molecule has 2 aromatic heterocycles.